The quantitative estimate of drug-likeness (QED) is 0.742. The summed E-state index contributed by atoms with van der Waals surface area (Å²) in [6, 6.07) is 7.05. The maximum atomic E-state index is 11.9. The molecule has 0 radical (unpaired) electrons. The molecule has 4 nitrogen and oxygen atoms in total. The van der Waals surface area contributed by atoms with Crippen LogP contribution in [-0.2, 0) is 16.0 Å². The number of hydrogen-bond donors (Lipinski definition) is 2. The predicted octanol–water partition coefficient (Wildman–Crippen LogP) is 2.26. The van der Waals surface area contributed by atoms with Gasteiger partial charge in [-0.25, -0.2) is 0 Å². The Bertz CT molecular complexity index is 402. The second kappa shape index (κ2) is 7.14. The Morgan fingerprint density at radius 3 is 2.53 bits per heavy atom. The molecule has 0 heterocycles. The van der Waals surface area contributed by atoms with Crippen molar-refractivity contribution < 1.29 is 14.6 Å². The van der Waals surface area contributed by atoms with Crippen LogP contribution < -0.4 is 5.32 Å². The number of phenolic OH excluding ortho intramolecular Hbond substituents is 1. The van der Waals surface area contributed by atoms with Crippen molar-refractivity contribution in [1.29, 1.82) is 0 Å². The normalized spacial score (nSPS) is 13.8. The molecule has 1 unspecified atom stereocenters. The molecule has 0 aliphatic rings. The molecule has 0 spiro atoms. The third-order valence-corrected chi connectivity index (χ3v) is 3.25. The molecule has 106 valence electrons. The first-order valence-electron chi connectivity index (χ1n) is 6.63. The van der Waals surface area contributed by atoms with Gasteiger partial charge in [0.25, 0.3) is 0 Å². The maximum absolute atomic E-state index is 11.9. The van der Waals surface area contributed by atoms with Gasteiger partial charge in [0.2, 0.25) is 0 Å². The SMILES string of the molecule is CCCNC(C)(CCc1ccc(O)cc1)C(=O)OC. The van der Waals surface area contributed by atoms with Crippen molar-refractivity contribution in [3.8, 4) is 5.75 Å². The summed E-state index contributed by atoms with van der Waals surface area (Å²) in [6.45, 7) is 4.71. The number of hydrogen-bond acceptors (Lipinski definition) is 4. The fraction of sp³-hybridized carbons (Fsp3) is 0.533. The second-order valence-corrected chi connectivity index (χ2v) is 4.92. The Morgan fingerprint density at radius 1 is 1.37 bits per heavy atom. The van der Waals surface area contributed by atoms with Crippen LogP contribution >= 0.6 is 0 Å². The van der Waals surface area contributed by atoms with Gasteiger partial charge in [-0.1, -0.05) is 19.1 Å². The average Bonchev–Trinajstić information content (AvgIpc) is 2.43. The molecule has 0 amide bonds. The first-order valence-corrected chi connectivity index (χ1v) is 6.63. The van der Waals surface area contributed by atoms with Gasteiger partial charge in [0.1, 0.15) is 11.3 Å². The number of aryl methyl sites for hydroxylation is 1. The standard InChI is InChI=1S/C15H23NO3/c1-4-11-16-15(2,14(18)19-3)10-9-12-5-7-13(17)8-6-12/h5-8,16-17H,4,9-11H2,1-3H3. The van der Waals surface area contributed by atoms with Crippen LogP contribution in [0.4, 0.5) is 0 Å². The molecule has 1 aromatic carbocycles. The number of carbonyl (C=O) groups excluding carboxylic acids is 1. The molecule has 1 rings (SSSR count). The molecule has 0 aromatic heterocycles. The highest BCUT2D eigenvalue weighted by Crippen LogP contribution is 2.18. The zero-order valence-electron chi connectivity index (χ0n) is 11.9. The van der Waals surface area contributed by atoms with Crippen molar-refractivity contribution in [3.63, 3.8) is 0 Å². The van der Waals surface area contributed by atoms with E-state index in [0.29, 0.717) is 6.42 Å². The summed E-state index contributed by atoms with van der Waals surface area (Å²) in [6.07, 6.45) is 2.37. The van der Waals surface area contributed by atoms with E-state index in [1.165, 1.54) is 7.11 Å². The van der Waals surface area contributed by atoms with Gasteiger partial charge < -0.3 is 15.2 Å². The number of carbonyl (C=O) groups is 1. The smallest absolute Gasteiger partial charge is 0.325 e. The minimum absolute atomic E-state index is 0.236. The highest BCUT2D eigenvalue weighted by Gasteiger charge is 2.32. The molecule has 0 saturated heterocycles. The predicted molar refractivity (Wildman–Crippen MR) is 75.1 cm³/mol. The lowest BCUT2D eigenvalue weighted by Gasteiger charge is -2.28. The van der Waals surface area contributed by atoms with E-state index in [2.05, 4.69) is 12.2 Å². The summed E-state index contributed by atoms with van der Waals surface area (Å²) in [7, 11) is 1.41. The Morgan fingerprint density at radius 2 is 2.00 bits per heavy atom. The Balaban J connectivity index is 2.67. The molecule has 0 bridgehead atoms. The van der Waals surface area contributed by atoms with E-state index < -0.39 is 5.54 Å². The third-order valence-electron chi connectivity index (χ3n) is 3.25. The molecule has 4 heteroatoms. The molecular weight excluding hydrogens is 242 g/mol. The largest absolute Gasteiger partial charge is 0.508 e. The molecule has 2 N–H and O–H groups in total. The van der Waals surface area contributed by atoms with Gasteiger partial charge >= 0.3 is 5.97 Å². The zero-order chi connectivity index (χ0) is 14.3. The summed E-state index contributed by atoms with van der Waals surface area (Å²) in [5.74, 6) is 0.0170. The van der Waals surface area contributed by atoms with E-state index in [9.17, 15) is 9.90 Å². The van der Waals surface area contributed by atoms with E-state index >= 15 is 0 Å². The second-order valence-electron chi connectivity index (χ2n) is 4.92. The molecule has 19 heavy (non-hydrogen) atoms. The molecule has 1 aromatic rings. The minimum atomic E-state index is -0.664. The minimum Gasteiger partial charge on any atom is -0.508 e. The van der Waals surface area contributed by atoms with Crippen LogP contribution in [0.3, 0.4) is 0 Å². The van der Waals surface area contributed by atoms with E-state index in [1.807, 2.05) is 19.1 Å². The lowest BCUT2D eigenvalue weighted by atomic mass is 9.93. The Labute approximate surface area is 114 Å². The molecule has 1 atom stereocenters. The maximum Gasteiger partial charge on any atom is 0.325 e. The van der Waals surface area contributed by atoms with Crippen LogP contribution in [0.2, 0.25) is 0 Å². The van der Waals surface area contributed by atoms with Crippen LogP contribution in [0, 0.1) is 0 Å². The molecular formula is C15H23NO3. The molecule has 0 saturated carbocycles. The van der Waals surface area contributed by atoms with E-state index in [0.717, 1.165) is 24.9 Å². The van der Waals surface area contributed by atoms with Crippen molar-refractivity contribution >= 4 is 5.97 Å². The fourth-order valence-electron chi connectivity index (χ4n) is 1.95. The van der Waals surface area contributed by atoms with E-state index in [1.54, 1.807) is 12.1 Å². The van der Waals surface area contributed by atoms with Gasteiger partial charge in [-0.3, -0.25) is 4.79 Å². The topological polar surface area (TPSA) is 58.6 Å². The zero-order valence-corrected chi connectivity index (χ0v) is 11.9. The summed E-state index contributed by atoms with van der Waals surface area (Å²) >= 11 is 0. The fourth-order valence-corrected chi connectivity index (χ4v) is 1.95. The van der Waals surface area contributed by atoms with Crippen LogP contribution in [0.25, 0.3) is 0 Å². The monoisotopic (exact) mass is 265 g/mol. The number of esters is 1. The number of benzene rings is 1. The van der Waals surface area contributed by atoms with Crippen molar-refractivity contribution in [2.45, 2.75) is 38.6 Å². The van der Waals surface area contributed by atoms with Gasteiger partial charge in [-0.2, -0.15) is 0 Å². The van der Waals surface area contributed by atoms with Gasteiger partial charge in [0, 0.05) is 0 Å². The lowest BCUT2D eigenvalue weighted by molar-refractivity contribution is -0.148. The van der Waals surface area contributed by atoms with Crippen LogP contribution in [-0.4, -0.2) is 30.3 Å². The van der Waals surface area contributed by atoms with Gasteiger partial charge in [-0.05, 0) is 50.4 Å². The van der Waals surface area contributed by atoms with Crippen LogP contribution in [0.1, 0.15) is 32.3 Å². The average molecular weight is 265 g/mol. The van der Waals surface area contributed by atoms with Crippen LogP contribution in [0.5, 0.6) is 5.75 Å². The van der Waals surface area contributed by atoms with E-state index in [-0.39, 0.29) is 11.7 Å². The molecule has 0 aliphatic heterocycles. The highest BCUT2D eigenvalue weighted by atomic mass is 16.5. The molecule has 0 fully saturated rings. The summed E-state index contributed by atoms with van der Waals surface area (Å²) < 4.78 is 4.88. The summed E-state index contributed by atoms with van der Waals surface area (Å²) in [5, 5.41) is 12.5. The van der Waals surface area contributed by atoms with E-state index in [4.69, 9.17) is 4.74 Å². The van der Waals surface area contributed by atoms with Crippen LogP contribution in [0.15, 0.2) is 24.3 Å². The van der Waals surface area contributed by atoms with Gasteiger partial charge in [-0.15, -0.1) is 0 Å². The number of rotatable bonds is 7. The van der Waals surface area contributed by atoms with Gasteiger partial charge in [0.05, 0.1) is 7.11 Å². The Kier molecular flexibility index (Phi) is 5.83. The summed E-state index contributed by atoms with van der Waals surface area (Å²) in [5.41, 5.74) is 0.425. The first kappa shape index (κ1) is 15.5. The number of aromatic hydroxyl groups is 1. The summed E-state index contributed by atoms with van der Waals surface area (Å²) in [4.78, 5) is 11.9. The number of nitrogens with one attached hydrogen (secondary N) is 1. The van der Waals surface area contributed by atoms with Gasteiger partial charge in [0.15, 0.2) is 0 Å². The number of ether oxygens (including phenoxy) is 1. The lowest BCUT2D eigenvalue weighted by Crippen LogP contribution is -2.50. The van der Waals surface area contributed by atoms with Crippen molar-refractivity contribution in [3.05, 3.63) is 29.8 Å². The third kappa shape index (κ3) is 4.56. The van der Waals surface area contributed by atoms with Crippen molar-refractivity contribution in [2.75, 3.05) is 13.7 Å². The van der Waals surface area contributed by atoms with Crippen molar-refractivity contribution in [2.24, 2.45) is 0 Å². The first-order chi connectivity index (χ1) is 9.01. The number of methoxy groups -OCH3 is 1. The highest BCUT2D eigenvalue weighted by molar-refractivity contribution is 5.80. The Hall–Kier alpha value is -1.55. The number of phenols is 1. The molecule has 0 aliphatic carbocycles. The van der Waals surface area contributed by atoms with Crippen molar-refractivity contribution in [1.82, 2.24) is 5.32 Å².